The minimum absolute atomic E-state index is 0.269. The second kappa shape index (κ2) is 6.35. The summed E-state index contributed by atoms with van der Waals surface area (Å²) >= 11 is 0. The third-order valence-electron chi connectivity index (χ3n) is 7.66. The van der Waals surface area contributed by atoms with E-state index in [0.717, 1.165) is 30.0 Å². The fourth-order valence-electron chi connectivity index (χ4n) is 6.23. The second-order valence-electron chi connectivity index (χ2n) is 8.96. The quantitative estimate of drug-likeness (QED) is 0.577. The molecule has 2 aromatic carbocycles. The zero-order chi connectivity index (χ0) is 19.5. The van der Waals surface area contributed by atoms with Crippen LogP contribution in [0.4, 0.5) is 13.2 Å². The van der Waals surface area contributed by atoms with E-state index in [1.165, 1.54) is 55.4 Å². The van der Waals surface area contributed by atoms with Crippen molar-refractivity contribution in [2.75, 3.05) is 13.6 Å². The first-order valence-electron chi connectivity index (χ1n) is 10.4. The number of likely N-dealkylation sites (N-methyl/N-ethyl adjacent to an activating group) is 1. The highest BCUT2D eigenvalue weighted by atomic mass is 19.4. The molecule has 0 unspecified atom stereocenters. The molecule has 1 heterocycles. The van der Waals surface area contributed by atoms with Crippen LogP contribution in [-0.4, -0.2) is 24.5 Å². The van der Waals surface area contributed by atoms with Crippen LogP contribution in [0.3, 0.4) is 0 Å². The molecule has 5 rings (SSSR count). The van der Waals surface area contributed by atoms with Crippen molar-refractivity contribution in [1.82, 2.24) is 4.90 Å². The van der Waals surface area contributed by atoms with E-state index in [1.807, 2.05) is 0 Å². The highest BCUT2D eigenvalue weighted by Gasteiger charge is 2.53. The summed E-state index contributed by atoms with van der Waals surface area (Å²) in [5.74, 6) is 0.718. The van der Waals surface area contributed by atoms with E-state index in [9.17, 15) is 13.2 Å². The molecule has 28 heavy (non-hydrogen) atoms. The van der Waals surface area contributed by atoms with E-state index in [0.29, 0.717) is 6.04 Å². The Labute approximate surface area is 164 Å². The zero-order valence-electron chi connectivity index (χ0n) is 16.2. The SMILES string of the molecule is CN1CC[C@]23CCCC[C@H]2[C@H]1Cc1ccc(-c2ccc(C(F)(F)F)cc2)cc13. The van der Waals surface area contributed by atoms with Crippen LogP contribution in [0.1, 0.15) is 48.8 Å². The number of alkyl halides is 3. The minimum atomic E-state index is -4.29. The summed E-state index contributed by atoms with van der Waals surface area (Å²) in [6.07, 6.45) is 3.19. The van der Waals surface area contributed by atoms with Gasteiger partial charge in [0.15, 0.2) is 0 Å². The topological polar surface area (TPSA) is 3.24 Å². The summed E-state index contributed by atoms with van der Waals surface area (Å²) in [4.78, 5) is 2.56. The summed E-state index contributed by atoms with van der Waals surface area (Å²) in [6.45, 7) is 1.14. The van der Waals surface area contributed by atoms with Crippen molar-refractivity contribution in [3.8, 4) is 11.1 Å². The first-order valence-corrected chi connectivity index (χ1v) is 10.4. The molecule has 2 bridgehead atoms. The van der Waals surface area contributed by atoms with Crippen LogP contribution < -0.4 is 0 Å². The number of hydrogen-bond donors (Lipinski definition) is 0. The highest BCUT2D eigenvalue weighted by Crippen LogP contribution is 2.55. The van der Waals surface area contributed by atoms with E-state index in [-0.39, 0.29) is 5.41 Å². The van der Waals surface area contributed by atoms with Crippen molar-refractivity contribution < 1.29 is 13.2 Å². The van der Waals surface area contributed by atoms with Gasteiger partial charge in [-0.3, -0.25) is 0 Å². The molecule has 0 N–H and O–H groups in total. The van der Waals surface area contributed by atoms with Crippen molar-refractivity contribution in [3.63, 3.8) is 0 Å². The number of piperidine rings is 1. The third-order valence-corrected chi connectivity index (χ3v) is 7.66. The van der Waals surface area contributed by atoms with E-state index >= 15 is 0 Å². The Hall–Kier alpha value is -1.81. The molecule has 1 nitrogen and oxygen atoms in total. The van der Waals surface area contributed by atoms with Crippen molar-refractivity contribution in [1.29, 1.82) is 0 Å². The van der Waals surface area contributed by atoms with Gasteiger partial charge in [-0.05, 0) is 79.6 Å². The van der Waals surface area contributed by atoms with Crippen molar-refractivity contribution >= 4 is 0 Å². The maximum absolute atomic E-state index is 12.9. The summed E-state index contributed by atoms with van der Waals surface area (Å²) in [7, 11) is 2.27. The standard InChI is InChI=1S/C24H26F3N/c1-28-13-12-23-11-3-2-4-20(23)22(28)15-18-6-5-17(14-21(18)23)16-7-9-19(10-8-16)24(25,26)27/h5-10,14,20,22H,2-4,11-13,15H2,1H3/t20-,22+,23+/m0/s1. The van der Waals surface area contributed by atoms with E-state index in [2.05, 4.69) is 30.1 Å². The first kappa shape index (κ1) is 18.2. The van der Waals surface area contributed by atoms with Gasteiger partial charge in [0.2, 0.25) is 0 Å². The molecular formula is C24H26F3N. The Balaban J connectivity index is 1.57. The number of nitrogens with zero attached hydrogens (tertiary/aromatic N) is 1. The van der Waals surface area contributed by atoms with Crippen LogP contribution in [0.5, 0.6) is 0 Å². The molecule has 148 valence electrons. The molecule has 3 aliphatic rings. The number of benzene rings is 2. The maximum atomic E-state index is 12.9. The number of likely N-dealkylation sites (tertiary alicyclic amines) is 1. The number of rotatable bonds is 1. The van der Waals surface area contributed by atoms with Gasteiger partial charge >= 0.3 is 6.18 Å². The van der Waals surface area contributed by atoms with Gasteiger partial charge in [0.25, 0.3) is 0 Å². The molecular weight excluding hydrogens is 359 g/mol. The molecule has 0 spiro atoms. The van der Waals surface area contributed by atoms with Crippen LogP contribution >= 0.6 is 0 Å². The lowest BCUT2D eigenvalue weighted by Gasteiger charge is -2.58. The van der Waals surface area contributed by atoms with Gasteiger partial charge in [0, 0.05) is 11.5 Å². The summed E-state index contributed by atoms with van der Waals surface area (Å²) in [6, 6.07) is 12.9. The van der Waals surface area contributed by atoms with Crippen molar-refractivity contribution in [2.24, 2.45) is 5.92 Å². The Morgan fingerprint density at radius 2 is 1.71 bits per heavy atom. The number of halogens is 3. The van der Waals surface area contributed by atoms with Gasteiger partial charge in [0.1, 0.15) is 0 Å². The van der Waals surface area contributed by atoms with E-state index in [1.54, 1.807) is 12.1 Å². The second-order valence-corrected chi connectivity index (χ2v) is 8.96. The third kappa shape index (κ3) is 2.72. The Morgan fingerprint density at radius 1 is 0.964 bits per heavy atom. The van der Waals surface area contributed by atoms with E-state index < -0.39 is 11.7 Å². The molecule has 1 saturated heterocycles. The monoisotopic (exact) mass is 385 g/mol. The average Bonchev–Trinajstić information content (AvgIpc) is 2.70. The van der Waals surface area contributed by atoms with Crippen LogP contribution in [0.15, 0.2) is 42.5 Å². The van der Waals surface area contributed by atoms with Gasteiger partial charge in [0.05, 0.1) is 5.56 Å². The average molecular weight is 385 g/mol. The molecule has 1 aliphatic heterocycles. The molecule has 0 radical (unpaired) electrons. The molecule has 1 saturated carbocycles. The lowest BCUT2D eigenvalue weighted by Crippen LogP contribution is -2.59. The maximum Gasteiger partial charge on any atom is 0.416 e. The molecule has 0 amide bonds. The summed E-state index contributed by atoms with van der Waals surface area (Å²) in [5, 5.41) is 0. The Bertz CT molecular complexity index is 886. The largest absolute Gasteiger partial charge is 0.416 e. The van der Waals surface area contributed by atoms with Crippen LogP contribution in [0.25, 0.3) is 11.1 Å². The lowest BCUT2D eigenvalue weighted by molar-refractivity contribution is -0.137. The van der Waals surface area contributed by atoms with E-state index in [4.69, 9.17) is 0 Å². The predicted molar refractivity (Wildman–Crippen MR) is 105 cm³/mol. The lowest BCUT2D eigenvalue weighted by atomic mass is 9.52. The fraction of sp³-hybridized carbons (Fsp3) is 0.500. The zero-order valence-corrected chi connectivity index (χ0v) is 16.2. The minimum Gasteiger partial charge on any atom is -0.303 e. The molecule has 3 atom stereocenters. The van der Waals surface area contributed by atoms with Gasteiger partial charge < -0.3 is 4.90 Å². The van der Waals surface area contributed by atoms with Crippen LogP contribution in [0.2, 0.25) is 0 Å². The first-order chi connectivity index (χ1) is 13.4. The molecule has 2 fully saturated rings. The molecule has 4 heteroatoms. The van der Waals surface area contributed by atoms with Gasteiger partial charge in [-0.25, -0.2) is 0 Å². The van der Waals surface area contributed by atoms with Crippen molar-refractivity contribution in [3.05, 3.63) is 59.2 Å². The Kier molecular flexibility index (Phi) is 4.13. The highest BCUT2D eigenvalue weighted by molar-refractivity contribution is 5.66. The summed E-state index contributed by atoms with van der Waals surface area (Å²) < 4.78 is 38.7. The van der Waals surface area contributed by atoms with Gasteiger partial charge in [-0.1, -0.05) is 43.2 Å². The fourth-order valence-corrected chi connectivity index (χ4v) is 6.23. The van der Waals surface area contributed by atoms with Crippen LogP contribution in [0, 0.1) is 5.92 Å². The van der Waals surface area contributed by atoms with Gasteiger partial charge in [-0.15, -0.1) is 0 Å². The number of fused-ring (bicyclic) bond motifs is 1. The molecule has 2 aliphatic carbocycles. The Morgan fingerprint density at radius 3 is 2.46 bits per heavy atom. The smallest absolute Gasteiger partial charge is 0.303 e. The predicted octanol–water partition coefficient (Wildman–Crippen LogP) is 6.06. The summed E-state index contributed by atoms with van der Waals surface area (Å²) in [5.41, 5.74) is 4.53. The van der Waals surface area contributed by atoms with Gasteiger partial charge in [-0.2, -0.15) is 13.2 Å². The normalized spacial score (nSPS) is 29.9. The molecule has 0 aromatic heterocycles. The molecule has 2 aromatic rings. The van der Waals surface area contributed by atoms with Crippen molar-refractivity contribution in [2.45, 2.75) is 56.2 Å². The van der Waals surface area contributed by atoms with Crippen LogP contribution in [-0.2, 0) is 18.0 Å². The number of hydrogen-bond acceptors (Lipinski definition) is 1.